The van der Waals surface area contributed by atoms with Gasteiger partial charge in [-0.15, -0.1) is 0 Å². The molecule has 1 aliphatic rings. The van der Waals surface area contributed by atoms with Crippen molar-refractivity contribution in [3.8, 4) is 0 Å². The van der Waals surface area contributed by atoms with E-state index in [-0.39, 0.29) is 11.8 Å². The van der Waals surface area contributed by atoms with Gasteiger partial charge < -0.3 is 9.80 Å². The van der Waals surface area contributed by atoms with E-state index in [2.05, 4.69) is 31.0 Å². The number of carbonyl (C=O) groups is 1. The molecule has 7 heteroatoms. The van der Waals surface area contributed by atoms with Crippen molar-refractivity contribution in [3.63, 3.8) is 0 Å². The molecular formula is C23H28F3N3O. The third-order valence-corrected chi connectivity index (χ3v) is 5.48. The highest BCUT2D eigenvalue weighted by atomic mass is 19.4. The lowest BCUT2D eigenvalue weighted by atomic mass is 9.95. The third-order valence-electron chi connectivity index (χ3n) is 5.48. The number of aromatic nitrogens is 1. The molecule has 2 aromatic rings. The average molecular weight is 419 g/mol. The first kappa shape index (κ1) is 22.1. The largest absolute Gasteiger partial charge is 0.417 e. The molecule has 4 nitrogen and oxygen atoms in total. The lowest BCUT2D eigenvalue weighted by molar-refractivity contribution is -0.138. The number of nitrogens with zero attached hydrogens (tertiary/aromatic N) is 3. The van der Waals surface area contributed by atoms with Crippen molar-refractivity contribution in [1.82, 2.24) is 9.88 Å². The van der Waals surface area contributed by atoms with Crippen molar-refractivity contribution in [3.05, 3.63) is 59.3 Å². The SMILES string of the molecule is CC(C)Cc1ccc([C@H](C)C(=O)N2CCN(c3ccc(C(F)(F)F)cn3)CC2)cc1. The summed E-state index contributed by atoms with van der Waals surface area (Å²) in [5, 5.41) is 0. The second kappa shape index (κ2) is 9.06. The van der Waals surface area contributed by atoms with Crippen molar-refractivity contribution in [2.75, 3.05) is 31.1 Å². The maximum Gasteiger partial charge on any atom is 0.417 e. The van der Waals surface area contributed by atoms with Crippen LogP contribution in [-0.2, 0) is 17.4 Å². The molecule has 1 aliphatic heterocycles. The molecule has 1 aromatic carbocycles. The zero-order valence-corrected chi connectivity index (χ0v) is 17.6. The van der Waals surface area contributed by atoms with E-state index in [0.717, 1.165) is 24.2 Å². The minimum Gasteiger partial charge on any atom is -0.353 e. The van der Waals surface area contributed by atoms with E-state index in [0.29, 0.717) is 37.9 Å². The van der Waals surface area contributed by atoms with Gasteiger partial charge in [0.15, 0.2) is 0 Å². The number of pyridine rings is 1. The molecule has 1 atom stereocenters. The number of piperazine rings is 1. The van der Waals surface area contributed by atoms with Gasteiger partial charge >= 0.3 is 6.18 Å². The summed E-state index contributed by atoms with van der Waals surface area (Å²) in [4.78, 5) is 20.6. The van der Waals surface area contributed by atoms with Crippen LogP contribution in [0, 0.1) is 5.92 Å². The first-order valence-electron chi connectivity index (χ1n) is 10.3. The van der Waals surface area contributed by atoms with Crippen LogP contribution in [0.15, 0.2) is 42.6 Å². The smallest absolute Gasteiger partial charge is 0.353 e. The van der Waals surface area contributed by atoms with E-state index in [1.807, 2.05) is 28.9 Å². The van der Waals surface area contributed by atoms with E-state index in [1.54, 1.807) is 0 Å². The Kier molecular flexibility index (Phi) is 6.68. The lowest BCUT2D eigenvalue weighted by Gasteiger charge is -2.36. The summed E-state index contributed by atoms with van der Waals surface area (Å²) in [6.45, 7) is 8.42. The predicted octanol–water partition coefficient (Wildman–Crippen LogP) is 4.75. The van der Waals surface area contributed by atoms with E-state index in [1.165, 1.54) is 11.6 Å². The van der Waals surface area contributed by atoms with E-state index in [9.17, 15) is 18.0 Å². The molecule has 162 valence electrons. The van der Waals surface area contributed by atoms with Crippen LogP contribution in [0.25, 0.3) is 0 Å². The van der Waals surface area contributed by atoms with Crippen LogP contribution in [0.4, 0.5) is 19.0 Å². The van der Waals surface area contributed by atoms with Crippen LogP contribution in [0.5, 0.6) is 0 Å². The summed E-state index contributed by atoms with van der Waals surface area (Å²) >= 11 is 0. The molecule has 0 aliphatic carbocycles. The molecule has 0 bridgehead atoms. The first-order valence-corrected chi connectivity index (χ1v) is 10.3. The van der Waals surface area contributed by atoms with Crippen molar-refractivity contribution in [1.29, 1.82) is 0 Å². The fourth-order valence-electron chi connectivity index (χ4n) is 3.73. The Labute approximate surface area is 175 Å². The molecular weight excluding hydrogens is 391 g/mol. The summed E-state index contributed by atoms with van der Waals surface area (Å²) < 4.78 is 38.1. The average Bonchev–Trinajstić information content (AvgIpc) is 2.72. The van der Waals surface area contributed by atoms with E-state index >= 15 is 0 Å². The number of hydrogen-bond donors (Lipinski definition) is 0. The standard InChI is InChI=1S/C23H28F3N3O/c1-16(2)14-18-4-6-19(7-5-18)17(3)22(30)29-12-10-28(11-13-29)21-9-8-20(15-27-21)23(24,25)26/h4-9,15-17H,10-14H2,1-3H3/t17-/m0/s1. The molecule has 1 aromatic heterocycles. The molecule has 1 saturated heterocycles. The quantitative estimate of drug-likeness (QED) is 0.702. The highest BCUT2D eigenvalue weighted by Gasteiger charge is 2.31. The second-order valence-corrected chi connectivity index (χ2v) is 8.28. The number of carbonyl (C=O) groups excluding carboxylic acids is 1. The fraction of sp³-hybridized carbons (Fsp3) is 0.478. The maximum atomic E-state index is 12.9. The Bertz CT molecular complexity index is 839. The number of amides is 1. The Balaban J connectivity index is 1.57. The van der Waals surface area contributed by atoms with Crippen LogP contribution in [0.2, 0.25) is 0 Å². The highest BCUT2D eigenvalue weighted by molar-refractivity contribution is 5.83. The third kappa shape index (κ3) is 5.32. The van der Waals surface area contributed by atoms with Crippen LogP contribution >= 0.6 is 0 Å². The van der Waals surface area contributed by atoms with Gasteiger partial charge in [-0.05, 0) is 42.5 Å². The van der Waals surface area contributed by atoms with Gasteiger partial charge in [-0.1, -0.05) is 38.1 Å². The number of anilines is 1. The molecule has 2 heterocycles. The minimum absolute atomic E-state index is 0.0756. The number of benzene rings is 1. The number of rotatable bonds is 5. The van der Waals surface area contributed by atoms with Crippen LogP contribution in [-0.4, -0.2) is 42.0 Å². The maximum absolute atomic E-state index is 12.9. The van der Waals surface area contributed by atoms with Gasteiger partial charge in [-0.25, -0.2) is 4.98 Å². The molecule has 0 saturated carbocycles. The number of alkyl halides is 3. The minimum atomic E-state index is -4.39. The highest BCUT2D eigenvalue weighted by Crippen LogP contribution is 2.29. The molecule has 30 heavy (non-hydrogen) atoms. The van der Waals surface area contributed by atoms with Crippen LogP contribution in [0.3, 0.4) is 0 Å². The second-order valence-electron chi connectivity index (χ2n) is 8.28. The Morgan fingerprint density at radius 2 is 1.63 bits per heavy atom. The summed E-state index contributed by atoms with van der Waals surface area (Å²) in [6.07, 6.45) is -2.51. The summed E-state index contributed by atoms with van der Waals surface area (Å²) in [5.74, 6) is 0.940. The van der Waals surface area contributed by atoms with Gasteiger partial charge in [0.2, 0.25) is 5.91 Å². The van der Waals surface area contributed by atoms with Crippen molar-refractivity contribution < 1.29 is 18.0 Å². The van der Waals surface area contributed by atoms with Crippen LogP contribution < -0.4 is 4.90 Å². The summed E-state index contributed by atoms with van der Waals surface area (Å²) in [5.41, 5.74) is 1.51. The van der Waals surface area contributed by atoms with Gasteiger partial charge in [0.05, 0.1) is 11.5 Å². The Morgan fingerprint density at radius 1 is 1.00 bits per heavy atom. The Morgan fingerprint density at radius 3 is 2.13 bits per heavy atom. The van der Waals surface area contributed by atoms with E-state index < -0.39 is 11.7 Å². The molecule has 1 fully saturated rings. The zero-order chi connectivity index (χ0) is 21.9. The molecule has 0 unspecified atom stereocenters. The van der Waals surface area contributed by atoms with E-state index in [4.69, 9.17) is 0 Å². The predicted molar refractivity (Wildman–Crippen MR) is 111 cm³/mol. The molecule has 1 amide bonds. The molecule has 0 N–H and O–H groups in total. The normalized spacial score (nSPS) is 16.1. The first-order chi connectivity index (χ1) is 14.1. The van der Waals surface area contributed by atoms with Gasteiger partial charge in [-0.3, -0.25) is 4.79 Å². The van der Waals surface area contributed by atoms with Crippen LogP contribution in [0.1, 0.15) is 43.4 Å². The summed E-state index contributed by atoms with van der Waals surface area (Å²) in [7, 11) is 0. The van der Waals surface area contributed by atoms with Crippen molar-refractivity contribution in [2.45, 2.75) is 39.3 Å². The zero-order valence-electron chi connectivity index (χ0n) is 17.6. The lowest BCUT2D eigenvalue weighted by Crippen LogP contribution is -2.50. The monoisotopic (exact) mass is 419 g/mol. The molecule has 3 rings (SSSR count). The molecule has 0 spiro atoms. The van der Waals surface area contributed by atoms with Gasteiger partial charge in [0, 0.05) is 32.4 Å². The number of halogens is 3. The number of hydrogen-bond acceptors (Lipinski definition) is 3. The van der Waals surface area contributed by atoms with Gasteiger partial charge in [0.25, 0.3) is 0 Å². The topological polar surface area (TPSA) is 36.4 Å². The Hall–Kier alpha value is -2.57. The fourth-order valence-corrected chi connectivity index (χ4v) is 3.73. The molecule has 0 radical (unpaired) electrons. The van der Waals surface area contributed by atoms with Gasteiger partial charge in [-0.2, -0.15) is 13.2 Å². The summed E-state index contributed by atoms with van der Waals surface area (Å²) in [6, 6.07) is 10.7. The van der Waals surface area contributed by atoms with Gasteiger partial charge in [0.1, 0.15) is 5.82 Å². The van der Waals surface area contributed by atoms with Crippen molar-refractivity contribution >= 4 is 11.7 Å². The van der Waals surface area contributed by atoms with Crippen molar-refractivity contribution in [2.24, 2.45) is 5.92 Å².